The molecule has 0 saturated carbocycles. The molecule has 36 heavy (non-hydrogen) atoms. The number of hydrogen-bond donors (Lipinski definition) is 3. The lowest BCUT2D eigenvalue weighted by molar-refractivity contribution is 0.483. The van der Waals surface area contributed by atoms with Crippen molar-refractivity contribution in [2.45, 2.75) is 20.4 Å². The van der Waals surface area contributed by atoms with Gasteiger partial charge in [0.15, 0.2) is 5.11 Å². The number of anilines is 2. The van der Waals surface area contributed by atoms with Crippen molar-refractivity contribution in [3.63, 3.8) is 0 Å². The molecule has 0 aliphatic rings. The van der Waals surface area contributed by atoms with Gasteiger partial charge in [-0.3, -0.25) is 5.32 Å². The number of rotatable bonds is 6. The summed E-state index contributed by atoms with van der Waals surface area (Å²) in [5, 5.41) is 10.4. The first kappa shape index (κ1) is 25.1. The molecular formula is C27H25ClN6OS. The highest BCUT2D eigenvalue weighted by Gasteiger charge is 2.08. The molecule has 0 bridgehead atoms. The van der Waals surface area contributed by atoms with E-state index >= 15 is 0 Å². The molecule has 0 atom stereocenters. The van der Waals surface area contributed by atoms with Gasteiger partial charge < -0.3 is 15.4 Å². The minimum absolute atomic E-state index is 0.360. The fraction of sp³-hybridized carbons (Fsp3) is 0.111. The lowest BCUT2D eigenvalue weighted by Crippen LogP contribution is -2.39. The summed E-state index contributed by atoms with van der Waals surface area (Å²) in [6, 6.07) is 26.5. The van der Waals surface area contributed by atoms with Crippen molar-refractivity contribution in [1.29, 1.82) is 0 Å². The number of thiocarbonyl (C=S) groups is 1. The third-order valence-corrected chi connectivity index (χ3v) is 5.32. The standard InChI is InChI=1S/C27H25ClN6OS/c1-18-16-19(2)31-26(30-18)33-25(29-17-20-8-10-21(28)11-9-20)34-27(36)32-22-12-14-24(15-13-22)35-23-6-4-3-5-7-23/h3-16H,17H2,1-2H3,(H3,29,30,31,32,33,34,36). The number of hydrogen-bond acceptors (Lipinski definition) is 5. The first-order valence-corrected chi connectivity index (χ1v) is 12.0. The number of halogens is 1. The predicted octanol–water partition coefficient (Wildman–Crippen LogP) is 6.49. The second kappa shape index (κ2) is 12.1. The van der Waals surface area contributed by atoms with Gasteiger partial charge >= 0.3 is 0 Å². The van der Waals surface area contributed by atoms with E-state index in [4.69, 9.17) is 28.6 Å². The number of aliphatic imine (C=N–C) groups is 1. The van der Waals surface area contributed by atoms with Crippen LogP contribution in [0.4, 0.5) is 11.6 Å². The molecule has 0 radical (unpaired) electrons. The van der Waals surface area contributed by atoms with Gasteiger partial charge in [0, 0.05) is 22.1 Å². The van der Waals surface area contributed by atoms with Crippen molar-refractivity contribution in [1.82, 2.24) is 15.3 Å². The van der Waals surface area contributed by atoms with E-state index in [1.807, 2.05) is 98.8 Å². The minimum atomic E-state index is 0.360. The lowest BCUT2D eigenvalue weighted by atomic mass is 10.2. The van der Waals surface area contributed by atoms with Gasteiger partial charge in [0.05, 0.1) is 6.54 Å². The minimum Gasteiger partial charge on any atom is -0.457 e. The Kier molecular flexibility index (Phi) is 8.44. The van der Waals surface area contributed by atoms with Crippen LogP contribution >= 0.6 is 23.8 Å². The van der Waals surface area contributed by atoms with E-state index in [1.165, 1.54) is 0 Å². The van der Waals surface area contributed by atoms with Gasteiger partial charge in [-0.05, 0) is 86.2 Å². The molecule has 0 unspecified atom stereocenters. The summed E-state index contributed by atoms with van der Waals surface area (Å²) >= 11 is 11.5. The van der Waals surface area contributed by atoms with Crippen LogP contribution in [0.3, 0.4) is 0 Å². The SMILES string of the molecule is Cc1cc(C)nc(NC(=NCc2ccc(Cl)cc2)NC(=S)Nc2ccc(Oc3ccccc3)cc2)n1. The number of benzene rings is 3. The molecule has 0 aliphatic heterocycles. The number of nitrogens with one attached hydrogen (secondary N) is 3. The van der Waals surface area contributed by atoms with E-state index in [1.54, 1.807) is 0 Å². The van der Waals surface area contributed by atoms with Crippen molar-refractivity contribution >= 4 is 46.5 Å². The van der Waals surface area contributed by atoms with Crippen LogP contribution in [0.1, 0.15) is 17.0 Å². The average Bonchev–Trinajstić information content (AvgIpc) is 2.85. The summed E-state index contributed by atoms with van der Waals surface area (Å²) in [6.45, 7) is 4.23. The molecule has 0 spiro atoms. The van der Waals surface area contributed by atoms with Crippen LogP contribution in [0.15, 0.2) is 89.9 Å². The second-order valence-electron chi connectivity index (χ2n) is 7.91. The Hall–Kier alpha value is -4.01. The zero-order valence-electron chi connectivity index (χ0n) is 19.8. The number of aryl methyl sites for hydroxylation is 2. The van der Waals surface area contributed by atoms with Crippen LogP contribution in [0.5, 0.6) is 11.5 Å². The normalized spacial score (nSPS) is 11.0. The molecule has 4 rings (SSSR count). The van der Waals surface area contributed by atoms with E-state index in [-0.39, 0.29) is 0 Å². The highest BCUT2D eigenvalue weighted by molar-refractivity contribution is 7.80. The highest BCUT2D eigenvalue weighted by atomic mass is 35.5. The van der Waals surface area contributed by atoms with Gasteiger partial charge in [-0.25, -0.2) is 15.0 Å². The van der Waals surface area contributed by atoms with Gasteiger partial charge in [0.25, 0.3) is 0 Å². The first-order valence-electron chi connectivity index (χ1n) is 11.2. The molecule has 182 valence electrons. The Labute approximate surface area is 220 Å². The van der Waals surface area contributed by atoms with Crippen LogP contribution in [-0.2, 0) is 6.54 Å². The average molecular weight is 517 g/mol. The molecule has 3 N–H and O–H groups in total. The zero-order chi connectivity index (χ0) is 25.3. The van der Waals surface area contributed by atoms with E-state index in [0.717, 1.165) is 34.1 Å². The molecule has 3 aromatic carbocycles. The van der Waals surface area contributed by atoms with Crippen LogP contribution < -0.4 is 20.7 Å². The van der Waals surface area contributed by atoms with Gasteiger partial charge in [-0.2, -0.15) is 0 Å². The largest absolute Gasteiger partial charge is 0.457 e. The Morgan fingerprint density at radius 3 is 2.17 bits per heavy atom. The van der Waals surface area contributed by atoms with Crippen LogP contribution in [0.25, 0.3) is 0 Å². The first-order chi connectivity index (χ1) is 17.4. The number of ether oxygens (including phenoxy) is 1. The van der Waals surface area contributed by atoms with Crippen molar-refractivity contribution in [3.05, 3.63) is 107 Å². The maximum Gasteiger partial charge on any atom is 0.229 e. The summed E-state index contributed by atoms with van der Waals surface area (Å²) in [5.74, 6) is 2.35. The fourth-order valence-electron chi connectivity index (χ4n) is 3.26. The maximum atomic E-state index is 6.00. The molecule has 4 aromatic rings. The third kappa shape index (κ3) is 7.76. The molecule has 0 aliphatic carbocycles. The lowest BCUT2D eigenvalue weighted by Gasteiger charge is -2.15. The van der Waals surface area contributed by atoms with E-state index in [0.29, 0.717) is 28.6 Å². The van der Waals surface area contributed by atoms with Crippen LogP contribution in [0, 0.1) is 13.8 Å². The Balaban J connectivity index is 1.43. The predicted molar refractivity (Wildman–Crippen MR) is 150 cm³/mol. The number of guanidine groups is 1. The monoisotopic (exact) mass is 516 g/mol. The van der Waals surface area contributed by atoms with Crippen molar-refractivity contribution in [2.75, 3.05) is 10.6 Å². The van der Waals surface area contributed by atoms with E-state index in [2.05, 4.69) is 30.9 Å². The Bertz CT molecular complexity index is 1330. The van der Waals surface area contributed by atoms with Gasteiger partial charge in [0.1, 0.15) is 11.5 Å². The smallest absolute Gasteiger partial charge is 0.229 e. The number of nitrogens with zero attached hydrogens (tertiary/aromatic N) is 3. The molecule has 9 heteroatoms. The molecular weight excluding hydrogens is 492 g/mol. The second-order valence-corrected chi connectivity index (χ2v) is 8.75. The summed E-state index contributed by atoms with van der Waals surface area (Å²) in [6.07, 6.45) is 0. The molecule has 7 nitrogen and oxygen atoms in total. The Morgan fingerprint density at radius 1 is 0.861 bits per heavy atom. The molecule has 0 amide bonds. The molecule has 0 saturated heterocycles. The summed E-state index contributed by atoms with van der Waals surface area (Å²) < 4.78 is 5.84. The maximum absolute atomic E-state index is 6.00. The van der Waals surface area contributed by atoms with Gasteiger partial charge in [-0.15, -0.1) is 0 Å². The van der Waals surface area contributed by atoms with Gasteiger partial charge in [-0.1, -0.05) is 41.9 Å². The zero-order valence-corrected chi connectivity index (χ0v) is 21.4. The summed E-state index contributed by atoms with van der Waals surface area (Å²) in [4.78, 5) is 13.5. The van der Waals surface area contributed by atoms with Crippen molar-refractivity contribution in [3.8, 4) is 11.5 Å². The Morgan fingerprint density at radius 2 is 1.50 bits per heavy atom. The van der Waals surface area contributed by atoms with Crippen LogP contribution in [-0.4, -0.2) is 21.0 Å². The molecule has 1 aromatic heterocycles. The third-order valence-electron chi connectivity index (χ3n) is 4.87. The van der Waals surface area contributed by atoms with Crippen molar-refractivity contribution < 1.29 is 4.74 Å². The van der Waals surface area contributed by atoms with Crippen LogP contribution in [0.2, 0.25) is 5.02 Å². The topological polar surface area (TPSA) is 83.5 Å². The summed E-state index contributed by atoms with van der Waals surface area (Å²) in [7, 11) is 0. The molecule has 1 heterocycles. The quantitative estimate of drug-likeness (QED) is 0.153. The highest BCUT2D eigenvalue weighted by Crippen LogP contribution is 2.22. The number of aromatic nitrogens is 2. The molecule has 0 fully saturated rings. The van der Waals surface area contributed by atoms with E-state index < -0.39 is 0 Å². The summed E-state index contributed by atoms with van der Waals surface area (Å²) in [5.41, 5.74) is 3.49. The fourth-order valence-corrected chi connectivity index (χ4v) is 3.60. The van der Waals surface area contributed by atoms with Gasteiger partial charge in [0.2, 0.25) is 11.9 Å². The number of para-hydroxylation sites is 1. The van der Waals surface area contributed by atoms with Crippen molar-refractivity contribution in [2.24, 2.45) is 4.99 Å². The van der Waals surface area contributed by atoms with E-state index in [9.17, 15) is 0 Å².